The monoisotopic (exact) mass is 336 g/mol. The maximum absolute atomic E-state index is 12.1. The van der Waals surface area contributed by atoms with E-state index in [1.165, 1.54) is 6.08 Å². The molecule has 0 heterocycles. The van der Waals surface area contributed by atoms with Crippen LogP contribution in [0.5, 0.6) is 0 Å². The Morgan fingerprint density at radius 1 is 1.21 bits per heavy atom. The van der Waals surface area contributed by atoms with Crippen LogP contribution >= 0.6 is 0 Å². The second-order valence-corrected chi connectivity index (χ2v) is 5.84. The fourth-order valence-electron chi connectivity index (χ4n) is 2.69. The summed E-state index contributed by atoms with van der Waals surface area (Å²) in [4.78, 5) is 12.1. The van der Waals surface area contributed by atoms with Gasteiger partial charge in [0, 0.05) is 5.56 Å². The first-order valence-corrected chi connectivity index (χ1v) is 7.24. The van der Waals surface area contributed by atoms with E-state index < -0.39 is 29.2 Å². The van der Waals surface area contributed by atoms with Crippen LogP contribution in [0.25, 0.3) is 0 Å². The molecule has 2 rings (SSSR count). The van der Waals surface area contributed by atoms with E-state index >= 15 is 0 Å². The minimum absolute atomic E-state index is 0.354. The molecule has 7 nitrogen and oxygen atoms in total. The fourth-order valence-corrected chi connectivity index (χ4v) is 2.69. The van der Waals surface area contributed by atoms with Crippen LogP contribution in [0.4, 0.5) is 0 Å². The maximum atomic E-state index is 12.1. The minimum Gasteiger partial charge on any atom is -0.504 e. The summed E-state index contributed by atoms with van der Waals surface area (Å²) in [5.41, 5.74) is -1.69. The standard InChI is InChI=1S/C17H20O7/c1-16(21)11(8-9-12(18)10-6-4-3-5-7-10)13(24-2)14(19)17(22,23)15(16)20/h3-9,11,15,19-23H,1-2H3. The number of aliphatic hydroxyl groups excluding tert-OH is 2. The van der Waals surface area contributed by atoms with Gasteiger partial charge in [-0.05, 0) is 13.0 Å². The molecule has 7 heteroatoms. The molecule has 1 aliphatic rings. The maximum Gasteiger partial charge on any atom is 0.255 e. The number of methoxy groups -OCH3 is 1. The van der Waals surface area contributed by atoms with Crippen molar-refractivity contribution in [2.45, 2.75) is 24.4 Å². The predicted octanol–water partition coefficient (Wildman–Crippen LogP) is 0.264. The third-order valence-corrected chi connectivity index (χ3v) is 4.15. The zero-order valence-corrected chi connectivity index (χ0v) is 13.2. The summed E-state index contributed by atoms with van der Waals surface area (Å²) in [5.74, 6) is -5.97. The van der Waals surface area contributed by atoms with E-state index in [2.05, 4.69) is 0 Å². The molecule has 0 saturated heterocycles. The number of ether oxygens (including phenoxy) is 1. The molecule has 1 aliphatic carbocycles. The van der Waals surface area contributed by atoms with Gasteiger partial charge in [-0.25, -0.2) is 0 Å². The van der Waals surface area contributed by atoms with Crippen LogP contribution in [0.1, 0.15) is 17.3 Å². The number of carbonyl (C=O) groups is 1. The number of carbonyl (C=O) groups excluding carboxylic acids is 1. The molecule has 0 bridgehead atoms. The van der Waals surface area contributed by atoms with Crippen molar-refractivity contribution in [2.24, 2.45) is 5.92 Å². The lowest BCUT2D eigenvalue weighted by Gasteiger charge is -2.45. The number of aliphatic hydroxyl groups is 5. The highest BCUT2D eigenvalue weighted by Crippen LogP contribution is 2.42. The van der Waals surface area contributed by atoms with E-state index in [-0.39, 0.29) is 11.5 Å². The van der Waals surface area contributed by atoms with Crippen molar-refractivity contribution in [3.05, 3.63) is 59.6 Å². The quantitative estimate of drug-likeness (QED) is 0.303. The first kappa shape index (κ1) is 18.2. The Labute approximate surface area is 138 Å². The van der Waals surface area contributed by atoms with Crippen LogP contribution in [-0.4, -0.2) is 55.9 Å². The van der Waals surface area contributed by atoms with Gasteiger partial charge in [-0.1, -0.05) is 36.4 Å². The lowest BCUT2D eigenvalue weighted by atomic mass is 9.73. The van der Waals surface area contributed by atoms with Gasteiger partial charge in [0.2, 0.25) is 0 Å². The molecule has 130 valence electrons. The van der Waals surface area contributed by atoms with E-state index in [0.29, 0.717) is 5.56 Å². The fraction of sp³-hybridized carbons (Fsp3) is 0.353. The lowest BCUT2D eigenvalue weighted by molar-refractivity contribution is -0.277. The third-order valence-electron chi connectivity index (χ3n) is 4.15. The van der Waals surface area contributed by atoms with Gasteiger partial charge < -0.3 is 30.3 Å². The lowest BCUT2D eigenvalue weighted by Crippen LogP contribution is -2.63. The molecule has 24 heavy (non-hydrogen) atoms. The van der Waals surface area contributed by atoms with Gasteiger partial charge in [0.1, 0.15) is 17.5 Å². The van der Waals surface area contributed by atoms with Crippen molar-refractivity contribution in [2.75, 3.05) is 7.11 Å². The molecule has 1 aromatic rings. The van der Waals surface area contributed by atoms with Crippen molar-refractivity contribution in [3.63, 3.8) is 0 Å². The van der Waals surface area contributed by atoms with Gasteiger partial charge in [0.15, 0.2) is 11.5 Å². The van der Waals surface area contributed by atoms with E-state index in [4.69, 9.17) is 4.74 Å². The Balaban J connectivity index is 2.42. The number of allylic oxidation sites excluding steroid dienone is 1. The van der Waals surface area contributed by atoms with Crippen molar-refractivity contribution in [1.82, 2.24) is 0 Å². The van der Waals surface area contributed by atoms with Crippen LogP contribution in [0, 0.1) is 5.92 Å². The molecule has 0 saturated carbocycles. The van der Waals surface area contributed by atoms with Crippen LogP contribution in [0.3, 0.4) is 0 Å². The predicted molar refractivity (Wildman–Crippen MR) is 83.9 cm³/mol. The van der Waals surface area contributed by atoms with Crippen molar-refractivity contribution >= 4 is 5.78 Å². The molecule has 0 aliphatic heterocycles. The summed E-state index contributed by atoms with van der Waals surface area (Å²) in [6.07, 6.45) is 0.281. The second-order valence-electron chi connectivity index (χ2n) is 5.84. The average molecular weight is 336 g/mol. The number of benzene rings is 1. The van der Waals surface area contributed by atoms with E-state index in [0.717, 1.165) is 20.1 Å². The highest BCUT2D eigenvalue weighted by atomic mass is 16.6. The summed E-state index contributed by atoms with van der Waals surface area (Å²) in [5, 5.41) is 50.0. The molecular formula is C17H20O7. The van der Waals surface area contributed by atoms with Crippen LogP contribution < -0.4 is 0 Å². The second kappa shape index (κ2) is 6.37. The first-order valence-electron chi connectivity index (χ1n) is 7.24. The number of ketones is 1. The Morgan fingerprint density at radius 2 is 1.79 bits per heavy atom. The van der Waals surface area contributed by atoms with E-state index in [1.54, 1.807) is 30.3 Å². The van der Waals surface area contributed by atoms with Gasteiger partial charge in [-0.2, -0.15) is 0 Å². The summed E-state index contributed by atoms with van der Waals surface area (Å²) in [6.45, 7) is 1.15. The van der Waals surface area contributed by atoms with Crippen LogP contribution in [0.15, 0.2) is 54.0 Å². The Kier molecular flexibility index (Phi) is 4.82. The highest BCUT2D eigenvalue weighted by Gasteiger charge is 2.58. The number of hydrogen-bond donors (Lipinski definition) is 5. The molecular weight excluding hydrogens is 316 g/mol. The molecule has 1 aromatic carbocycles. The molecule has 0 amide bonds. The average Bonchev–Trinajstić information content (AvgIpc) is 2.56. The zero-order chi connectivity index (χ0) is 18.1. The number of rotatable bonds is 4. The Hall–Kier alpha value is -2.19. The molecule has 0 radical (unpaired) electrons. The molecule has 5 N–H and O–H groups in total. The molecule has 0 fully saturated rings. The van der Waals surface area contributed by atoms with Crippen LogP contribution in [-0.2, 0) is 4.74 Å². The Bertz CT molecular complexity index is 673. The van der Waals surface area contributed by atoms with Crippen molar-refractivity contribution < 1.29 is 35.1 Å². The van der Waals surface area contributed by atoms with E-state index in [9.17, 15) is 30.3 Å². The SMILES string of the molecule is COC1=C(O)C(O)(O)C(O)C(C)(O)C1C=CC(=O)c1ccccc1. The van der Waals surface area contributed by atoms with Gasteiger partial charge in [0.25, 0.3) is 5.79 Å². The topological polar surface area (TPSA) is 127 Å². The largest absolute Gasteiger partial charge is 0.504 e. The van der Waals surface area contributed by atoms with Gasteiger partial charge in [-0.15, -0.1) is 0 Å². The van der Waals surface area contributed by atoms with Gasteiger partial charge in [-0.3, -0.25) is 4.79 Å². The molecule has 0 aromatic heterocycles. The van der Waals surface area contributed by atoms with Crippen LogP contribution in [0.2, 0.25) is 0 Å². The number of hydrogen-bond acceptors (Lipinski definition) is 7. The van der Waals surface area contributed by atoms with E-state index in [1.807, 2.05) is 0 Å². The summed E-state index contributed by atoms with van der Waals surface area (Å²) in [6, 6.07) is 8.36. The minimum atomic E-state index is -3.07. The third kappa shape index (κ3) is 2.94. The highest BCUT2D eigenvalue weighted by molar-refractivity contribution is 6.04. The van der Waals surface area contributed by atoms with Crippen molar-refractivity contribution in [3.8, 4) is 0 Å². The Morgan fingerprint density at radius 3 is 2.33 bits per heavy atom. The first-order chi connectivity index (χ1) is 11.1. The summed E-state index contributed by atoms with van der Waals surface area (Å²) >= 11 is 0. The van der Waals surface area contributed by atoms with Gasteiger partial charge >= 0.3 is 0 Å². The zero-order valence-electron chi connectivity index (χ0n) is 13.2. The normalized spacial score (nSPS) is 29.8. The molecule has 3 atom stereocenters. The smallest absolute Gasteiger partial charge is 0.255 e. The molecule has 3 unspecified atom stereocenters. The van der Waals surface area contributed by atoms with Crippen molar-refractivity contribution in [1.29, 1.82) is 0 Å². The molecule has 0 spiro atoms. The van der Waals surface area contributed by atoms with Gasteiger partial charge in [0.05, 0.1) is 13.0 Å². The summed E-state index contributed by atoms with van der Waals surface area (Å²) in [7, 11) is 1.16. The summed E-state index contributed by atoms with van der Waals surface area (Å²) < 4.78 is 4.95.